The fourth-order valence-corrected chi connectivity index (χ4v) is 4.62. The Bertz CT molecular complexity index is 1610. The standard InChI is InChI=1S/C26H18Cl4N4O5/c27-15-6-1-12(7-16(15)28)9-32-22-23(25(38)24(22)37)34-19(8-20(35)36)13-2-4-14(5-3-13)33-26(39)21-17(29)10-31-11-18(21)30/h1-7,10-11,19,32,34H,8-9H2,(H,33,39)(H,35,36)/t19-/m0/s1. The van der Waals surface area contributed by atoms with Crippen molar-refractivity contribution in [2.45, 2.75) is 19.0 Å². The number of benzene rings is 2. The zero-order chi connectivity index (χ0) is 28.3. The molecule has 39 heavy (non-hydrogen) atoms. The minimum Gasteiger partial charge on any atom is -0.481 e. The molecule has 13 heteroatoms. The molecule has 0 aliphatic carbocycles. The van der Waals surface area contributed by atoms with Crippen LogP contribution in [0.3, 0.4) is 0 Å². The van der Waals surface area contributed by atoms with E-state index in [0.29, 0.717) is 21.3 Å². The van der Waals surface area contributed by atoms with Crippen LogP contribution in [0.2, 0.25) is 20.1 Å². The Kier molecular flexibility index (Phi) is 8.76. The number of rotatable bonds is 10. The predicted octanol–water partition coefficient (Wildman–Crippen LogP) is 5.78. The van der Waals surface area contributed by atoms with Crippen LogP contribution < -0.4 is 26.8 Å². The summed E-state index contributed by atoms with van der Waals surface area (Å²) in [5.74, 6) is -1.68. The molecule has 0 fully saturated rings. The normalized spacial score (nSPS) is 11.7. The number of aliphatic carboxylic acids is 1. The zero-order valence-corrected chi connectivity index (χ0v) is 22.8. The highest BCUT2D eigenvalue weighted by atomic mass is 35.5. The van der Waals surface area contributed by atoms with E-state index in [9.17, 15) is 24.3 Å². The maximum atomic E-state index is 12.6. The van der Waals surface area contributed by atoms with Gasteiger partial charge in [-0.2, -0.15) is 0 Å². The molecule has 1 amide bonds. The fourth-order valence-electron chi connectivity index (χ4n) is 3.76. The fraction of sp³-hybridized carbons (Fsp3) is 0.115. The van der Waals surface area contributed by atoms with E-state index in [-0.39, 0.29) is 39.9 Å². The number of pyridine rings is 1. The molecule has 0 aliphatic heterocycles. The lowest BCUT2D eigenvalue weighted by Crippen LogP contribution is -2.38. The van der Waals surface area contributed by atoms with Gasteiger partial charge < -0.3 is 21.1 Å². The molecule has 200 valence electrons. The Labute approximate surface area is 241 Å². The number of carbonyl (C=O) groups excluding carboxylic acids is 1. The number of carboxylic acid groups (broad SMARTS) is 1. The number of amides is 1. The molecule has 0 aliphatic rings. The summed E-state index contributed by atoms with van der Waals surface area (Å²) in [6.07, 6.45) is 2.20. The second kappa shape index (κ2) is 12.0. The van der Waals surface area contributed by atoms with E-state index in [4.69, 9.17) is 46.4 Å². The molecule has 4 rings (SSSR count). The van der Waals surface area contributed by atoms with Crippen molar-refractivity contribution in [3.63, 3.8) is 0 Å². The number of carboxylic acids is 1. The summed E-state index contributed by atoms with van der Waals surface area (Å²) in [5.41, 5.74) is 0.192. The van der Waals surface area contributed by atoms with Crippen molar-refractivity contribution in [1.29, 1.82) is 0 Å². The van der Waals surface area contributed by atoms with Gasteiger partial charge in [0.25, 0.3) is 16.8 Å². The summed E-state index contributed by atoms with van der Waals surface area (Å²) in [7, 11) is 0. The van der Waals surface area contributed by atoms with Gasteiger partial charge in [-0.05, 0) is 35.4 Å². The van der Waals surface area contributed by atoms with Gasteiger partial charge in [-0.3, -0.25) is 24.2 Å². The van der Waals surface area contributed by atoms with Crippen LogP contribution in [0.1, 0.15) is 33.9 Å². The van der Waals surface area contributed by atoms with Crippen molar-refractivity contribution < 1.29 is 14.7 Å². The van der Waals surface area contributed by atoms with E-state index >= 15 is 0 Å². The van der Waals surface area contributed by atoms with E-state index in [0.717, 1.165) is 5.56 Å². The molecule has 1 atom stereocenters. The Hall–Kier alpha value is -3.63. The summed E-state index contributed by atoms with van der Waals surface area (Å²) in [4.78, 5) is 52.6. The largest absolute Gasteiger partial charge is 0.481 e. The lowest BCUT2D eigenvalue weighted by atomic mass is 10.0. The first-order chi connectivity index (χ1) is 18.5. The first kappa shape index (κ1) is 28.4. The van der Waals surface area contributed by atoms with E-state index in [1.54, 1.807) is 42.5 Å². The minimum absolute atomic E-state index is 0.0225. The summed E-state index contributed by atoms with van der Waals surface area (Å²) >= 11 is 24.0. The van der Waals surface area contributed by atoms with E-state index in [1.807, 2.05) is 0 Å². The highest BCUT2D eigenvalue weighted by molar-refractivity contribution is 6.42. The van der Waals surface area contributed by atoms with Gasteiger partial charge in [0.2, 0.25) is 0 Å². The van der Waals surface area contributed by atoms with Gasteiger partial charge in [-0.1, -0.05) is 64.6 Å². The highest BCUT2D eigenvalue weighted by Gasteiger charge is 2.25. The third-order valence-corrected chi connectivity index (χ3v) is 7.02. The summed E-state index contributed by atoms with van der Waals surface area (Å²) < 4.78 is 0. The Balaban J connectivity index is 1.50. The predicted molar refractivity (Wildman–Crippen MR) is 152 cm³/mol. The van der Waals surface area contributed by atoms with Crippen LogP contribution >= 0.6 is 46.4 Å². The van der Waals surface area contributed by atoms with E-state index in [1.165, 1.54) is 12.4 Å². The van der Waals surface area contributed by atoms with Crippen molar-refractivity contribution in [2.24, 2.45) is 0 Å². The van der Waals surface area contributed by atoms with Gasteiger partial charge in [-0.25, -0.2) is 0 Å². The SMILES string of the molecule is O=C(O)C[C@H](Nc1c(NCc2ccc(Cl)c(Cl)c2)c(=O)c1=O)c1ccc(NC(=O)c2c(Cl)cncc2Cl)cc1. The third-order valence-electron chi connectivity index (χ3n) is 5.71. The first-order valence-electron chi connectivity index (χ1n) is 11.2. The molecule has 0 unspecified atom stereocenters. The minimum atomic E-state index is -1.13. The molecule has 0 bridgehead atoms. The highest BCUT2D eigenvalue weighted by Crippen LogP contribution is 2.29. The molecule has 3 aromatic carbocycles. The monoisotopic (exact) mass is 606 g/mol. The Morgan fingerprint density at radius 1 is 0.846 bits per heavy atom. The molecule has 4 N–H and O–H groups in total. The number of nitrogens with zero attached hydrogens (tertiary/aromatic N) is 1. The van der Waals surface area contributed by atoms with Gasteiger partial charge in [0.1, 0.15) is 11.4 Å². The first-order valence-corrected chi connectivity index (χ1v) is 12.8. The molecule has 1 heterocycles. The van der Waals surface area contributed by atoms with Crippen molar-refractivity contribution in [3.8, 4) is 0 Å². The van der Waals surface area contributed by atoms with Crippen molar-refractivity contribution in [3.05, 3.63) is 112 Å². The van der Waals surface area contributed by atoms with Gasteiger partial charge in [0.15, 0.2) is 0 Å². The molecule has 0 saturated heterocycles. The number of aromatic nitrogens is 1. The van der Waals surface area contributed by atoms with Gasteiger partial charge in [-0.15, -0.1) is 0 Å². The lowest BCUT2D eigenvalue weighted by molar-refractivity contribution is -0.137. The van der Waals surface area contributed by atoms with Crippen molar-refractivity contribution in [1.82, 2.24) is 4.98 Å². The van der Waals surface area contributed by atoms with Gasteiger partial charge in [0.05, 0.1) is 38.1 Å². The molecule has 0 spiro atoms. The van der Waals surface area contributed by atoms with Crippen LogP contribution in [0.25, 0.3) is 0 Å². The maximum absolute atomic E-state index is 12.6. The average Bonchev–Trinajstić information content (AvgIpc) is 2.89. The van der Waals surface area contributed by atoms with E-state index in [2.05, 4.69) is 20.9 Å². The number of anilines is 3. The van der Waals surface area contributed by atoms with Crippen LogP contribution in [0.5, 0.6) is 0 Å². The van der Waals surface area contributed by atoms with E-state index < -0.39 is 28.8 Å². The maximum Gasteiger partial charge on any atom is 0.305 e. The number of halogens is 4. The average molecular weight is 608 g/mol. The van der Waals surface area contributed by atoms with Crippen LogP contribution in [0.15, 0.2) is 64.4 Å². The number of hydrogen-bond acceptors (Lipinski definition) is 7. The summed E-state index contributed by atoms with van der Waals surface area (Å²) in [6, 6.07) is 10.4. The lowest BCUT2D eigenvalue weighted by Gasteiger charge is -2.22. The van der Waals surface area contributed by atoms with Crippen molar-refractivity contribution in [2.75, 3.05) is 16.0 Å². The van der Waals surface area contributed by atoms with Gasteiger partial charge in [0, 0.05) is 24.6 Å². The molecule has 0 radical (unpaired) electrons. The van der Waals surface area contributed by atoms with Crippen molar-refractivity contribution >= 4 is 75.3 Å². The Morgan fingerprint density at radius 2 is 1.49 bits per heavy atom. The zero-order valence-electron chi connectivity index (χ0n) is 19.7. The molecule has 9 nitrogen and oxygen atoms in total. The third kappa shape index (κ3) is 6.51. The van der Waals surface area contributed by atoms with Crippen LogP contribution in [-0.2, 0) is 11.3 Å². The smallest absolute Gasteiger partial charge is 0.305 e. The molecular formula is C26H18Cl4N4O5. The number of carbonyl (C=O) groups is 2. The topological polar surface area (TPSA) is 137 Å². The second-order valence-electron chi connectivity index (χ2n) is 8.36. The number of nitrogens with one attached hydrogen (secondary N) is 3. The summed E-state index contributed by atoms with van der Waals surface area (Å²) in [6.45, 7) is 0.180. The second-order valence-corrected chi connectivity index (χ2v) is 9.99. The molecule has 4 aromatic rings. The Morgan fingerprint density at radius 3 is 2.10 bits per heavy atom. The molecule has 1 aromatic heterocycles. The molecular weight excluding hydrogens is 590 g/mol. The van der Waals surface area contributed by atoms with Crippen LogP contribution in [-0.4, -0.2) is 22.0 Å². The molecule has 0 saturated carbocycles. The summed E-state index contributed by atoms with van der Waals surface area (Å²) in [5, 5.41) is 18.8. The van der Waals surface area contributed by atoms with Crippen LogP contribution in [0.4, 0.5) is 17.1 Å². The quantitative estimate of drug-likeness (QED) is 0.166. The van der Waals surface area contributed by atoms with Gasteiger partial charge >= 0.3 is 5.97 Å². The van der Waals surface area contributed by atoms with Crippen LogP contribution in [0, 0.1) is 0 Å². The number of hydrogen-bond donors (Lipinski definition) is 4.